The lowest BCUT2D eigenvalue weighted by molar-refractivity contribution is -0.124. The zero-order valence-corrected chi connectivity index (χ0v) is 9.92. The lowest BCUT2D eigenvalue weighted by atomic mass is 10.1. The molecule has 0 radical (unpaired) electrons. The Hall–Kier alpha value is -1.42. The lowest BCUT2D eigenvalue weighted by Gasteiger charge is -2.10. The molecule has 1 aromatic rings. The Bertz CT molecular complexity index is 414. The highest BCUT2D eigenvalue weighted by molar-refractivity contribution is 5.79. The normalized spacial score (nSPS) is 19.3. The van der Waals surface area contributed by atoms with Crippen LogP contribution in [0.2, 0.25) is 0 Å². The first-order chi connectivity index (χ1) is 8.16. The van der Waals surface area contributed by atoms with Crippen molar-refractivity contribution in [3.63, 3.8) is 0 Å². The minimum absolute atomic E-state index is 0.0518. The molecule has 0 saturated carbocycles. The van der Waals surface area contributed by atoms with Crippen LogP contribution in [-0.4, -0.2) is 19.0 Å². The van der Waals surface area contributed by atoms with Gasteiger partial charge in [-0.1, -0.05) is 12.1 Å². The second-order valence-corrected chi connectivity index (χ2v) is 4.49. The van der Waals surface area contributed by atoms with E-state index >= 15 is 0 Å². The van der Waals surface area contributed by atoms with Crippen molar-refractivity contribution in [2.24, 2.45) is 5.92 Å². The minimum Gasteiger partial charge on any atom is -0.352 e. The predicted molar refractivity (Wildman–Crippen MR) is 64.0 cm³/mol. The molecule has 1 heterocycles. The molecule has 1 amide bonds. The van der Waals surface area contributed by atoms with Crippen molar-refractivity contribution < 1.29 is 9.18 Å². The minimum atomic E-state index is -0.223. The third kappa shape index (κ3) is 3.03. The predicted octanol–water partition coefficient (Wildman–Crippen LogP) is 1.36. The summed E-state index contributed by atoms with van der Waals surface area (Å²) in [7, 11) is 0. The Kier molecular flexibility index (Phi) is 3.74. The standard InChI is InChI=1S/C13H17FN2O/c1-9-2-3-10(6-12(9)14)7-16-13(17)11-4-5-15-8-11/h2-3,6,11,15H,4-5,7-8H2,1H3,(H,16,17). The molecule has 1 unspecified atom stereocenters. The summed E-state index contributed by atoms with van der Waals surface area (Å²) in [6.45, 7) is 3.76. The molecular formula is C13H17FN2O. The van der Waals surface area contributed by atoms with Crippen LogP contribution in [0.3, 0.4) is 0 Å². The summed E-state index contributed by atoms with van der Waals surface area (Å²) >= 11 is 0. The summed E-state index contributed by atoms with van der Waals surface area (Å²) in [6.07, 6.45) is 0.883. The van der Waals surface area contributed by atoms with Crippen LogP contribution in [0.15, 0.2) is 18.2 Å². The fourth-order valence-corrected chi connectivity index (χ4v) is 1.96. The van der Waals surface area contributed by atoms with Crippen LogP contribution in [0.4, 0.5) is 4.39 Å². The molecule has 2 rings (SSSR count). The second kappa shape index (κ2) is 5.27. The van der Waals surface area contributed by atoms with E-state index in [1.807, 2.05) is 6.07 Å². The van der Waals surface area contributed by atoms with Gasteiger partial charge in [0.25, 0.3) is 0 Å². The Balaban J connectivity index is 1.88. The number of benzene rings is 1. The molecule has 0 spiro atoms. The van der Waals surface area contributed by atoms with Crippen LogP contribution >= 0.6 is 0 Å². The van der Waals surface area contributed by atoms with E-state index in [2.05, 4.69) is 10.6 Å². The van der Waals surface area contributed by atoms with Crippen molar-refractivity contribution in [2.45, 2.75) is 19.9 Å². The van der Waals surface area contributed by atoms with Gasteiger partial charge < -0.3 is 10.6 Å². The van der Waals surface area contributed by atoms with Gasteiger partial charge in [-0.2, -0.15) is 0 Å². The molecule has 1 saturated heterocycles. The molecule has 1 aromatic carbocycles. The van der Waals surface area contributed by atoms with Crippen LogP contribution in [0, 0.1) is 18.7 Å². The Morgan fingerprint density at radius 3 is 3.06 bits per heavy atom. The summed E-state index contributed by atoms with van der Waals surface area (Å²) in [4.78, 5) is 11.7. The molecule has 0 aromatic heterocycles. The molecule has 0 aliphatic carbocycles. The summed E-state index contributed by atoms with van der Waals surface area (Å²) in [5.41, 5.74) is 1.42. The molecular weight excluding hydrogens is 219 g/mol. The fraction of sp³-hybridized carbons (Fsp3) is 0.462. The van der Waals surface area contributed by atoms with Crippen molar-refractivity contribution in [1.82, 2.24) is 10.6 Å². The van der Waals surface area contributed by atoms with E-state index in [4.69, 9.17) is 0 Å². The molecule has 1 fully saturated rings. The molecule has 17 heavy (non-hydrogen) atoms. The van der Waals surface area contributed by atoms with Gasteiger partial charge in [0.1, 0.15) is 5.82 Å². The van der Waals surface area contributed by atoms with Crippen LogP contribution in [0.5, 0.6) is 0 Å². The first kappa shape index (κ1) is 12.0. The summed E-state index contributed by atoms with van der Waals surface area (Å²) < 4.78 is 13.3. The Morgan fingerprint density at radius 2 is 2.41 bits per heavy atom. The summed E-state index contributed by atoms with van der Waals surface area (Å²) in [6, 6.07) is 5.04. The number of hydrogen-bond donors (Lipinski definition) is 2. The smallest absolute Gasteiger partial charge is 0.224 e. The van der Waals surface area contributed by atoms with Gasteiger partial charge in [-0.05, 0) is 37.1 Å². The van der Waals surface area contributed by atoms with Crippen molar-refractivity contribution in [2.75, 3.05) is 13.1 Å². The summed E-state index contributed by atoms with van der Waals surface area (Å²) in [5.74, 6) is -0.111. The van der Waals surface area contributed by atoms with Crippen LogP contribution in [0.25, 0.3) is 0 Å². The highest BCUT2D eigenvalue weighted by atomic mass is 19.1. The maximum Gasteiger partial charge on any atom is 0.224 e. The average Bonchev–Trinajstić information content (AvgIpc) is 2.84. The molecule has 1 aliphatic heterocycles. The topological polar surface area (TPSA) is 41.1 Å². The first-order valence-electron chi connectivity index (χ1n) is 5.90. The van der Waals surface area contributed by atoms with Gasteiger partial charge in [0.2, 0.25) is 5.91 Å². The van der Waals surface area contributed by atoms with E-state index < -0.39 is 0 Å². The van der Waals surface area contributed by atoms with E-state index in [1.54, 1.807) is 13.0 Å². The zero-order chi connectivity index (χ0) is 12.3. The highest BCUT2D eigenvalue weighted by Gasteiger charge is 2.21. The Morgan fingerprint density at radius 1 is 1.59 bits per heavy atom. The van der Waals surface area contributed by atoms with Crippen LogP contribution < -0.4 is 10.6 Å². The second-order valence-electron chi connectivity index (χ2n) is 4.49. The molecule has 92 valence electrons. The van der Waals surface area contributed by atoms with Gasteiger partial charge in [-0.3, -0.25) is 4.79 Å². The van der Waals surface area contributed by atoms with E-state index in [0.717, 1.165) is 25.1 Å². The van der Waals surface area contributed by atoms with Crippen molar-refractivity contribution in [1.29, 1.82) is 0 Å². The van der Waals surface area contributed by atoms with Gasteiger partial charge in [0, 0.05) is 13.1 Å². The van der Waals surface area contributed by atoms with Crippen LogP contribution in [0.1, 0.15) is 17.5 Å². The van der Waals surface area contributed by atoms with Gasteiger partial charge in [0.05, 0.1) is 5.92 Å². The Labute approximate surface area is 100 Å². The number of aryl methyl sites for hydroxylation is 1. The zero-order valence-electron chi connectivity index (χ0n) is 9.92. The number of rotatable bonds is 3. The van der Waals surface area contributed by atoms with E-state index in [-0.39, 0.29) is 17.6 Å². The molecule has 0 bridgehead atoms. The van der Waals surface area contributed by atoms with Gasteiger partial charge in [-0.25, -0.2) is 4.39 Å². The van der Waals surface area contributed by atoms with E-state index in [0.29, 0.717) is 12.1 Å². The number of halogens is 1. The molecule has 1 atom stereocenters. The quantitative estimate of drug-likeness (QED) is 0.832. The van der Waals surface area contributed by atoms with E-state index in [1.165, 1.54) is 6.07 Å². The maximum absolute atomic E-state index is 13.3. The van der Waals surface area contributed by atoms with Gasteiger partial charge in [-0.15, -0.1) is 0 Å². The fourth-order valence-electron chi connectivity index (χ4n) is 1.96. The van der Waals surface area contributed by atoms with Crippen molar-refractivity contribution >= 4 is 5.91 Å². The van der Waals surface area contributed by atoms with Crippen molar-refractivity contribution in [3.05, 3.63) is 35.1 Å². The number of carbonyl (C=O) groups excluding carboxylic acids is 1. The SMILES string of the molecule is Cc1ccc(CNC(=O)C2CCNC2)cc1F. The third-order valence-electron chi connectivity index (χ3n) is 3.13. The molecule has 4 heteroatoms. The largest absolute Gasteiger partial charge is 0.352 e. The molecule has 2 N–H and O–H groups in total. The first-order valence-corrected chi connectivity index (χ1v) is 5.90. The average molecular weight is 236 g/mol. The number of amides is 1. The summed E-state index contributed by atoms with van der Waals surface area (Å²) in [5, 5.41) is 5.99. The molecule has 3 nitrogen and oxygen atoms in total. The van der Waals surface area contributed by atoms with E-state index in [9.17, 15) is 9.18 Å². The maximum atomic E-state index is 13.3. The molecule has 1 aliphatic rings. The third-order valence-corrected chi connectivity index (χ3v) is 3.13. The number of hydrogen-bond acceptors (Lipinski definition) is 2. The lowest BCUT2D eigenvalue weighted by Crippen LogP contribution is -2.31. The monoisotopic (exact) mass is 236 g/mol. The van der Waals surface area contributed by atoms with Crippen molar-refractivity contribution in [3.8, 4) is 0 Å². The number of nitrogens with one attached hydrogen (secondary N) is 2. The van der Waals surface area contributed by atoms with Crippen LogP contribution in [-0.2, 0) is 11.3 Å². The highest BCUT2D eigenvalue weighted by Crippen LogP contribution is 2.10. The van der Waals surface area contributed by atoms with Gasteiger partial charge in [0.15, 0.2) is 0 Å². The number of carbonyl (C=O) groups is 1. The van der Waals surface area contributed by atoms with Gasteiger partial charge >= 0.3 is 0 Å².